The van der Waals surface area contributed by atoms with Crippen LogP contribution in [-0.2, 0) is 4.79 Å². The fraction of sp³-hybridized carbons (Fsp3) is 0.500. The number of amides is 1. The van der Waals surface area contributed by atoms with Crippen LogP contribution in [0.15, 0.2) is 10.6 Å². The Bertz CT molecular complexity index is 298. The number of aryl methyl sites for hydroxylation is 1. The van der Waals surface area contributed by atoms with E-state index in [2.05, 4.69) is 26.4 Å². The van der Waals surface area contributed by atoms with E-state index in [1.807, 2.05) is 6.92 Å². The van der Waals surface area contributed by atoms with Gasteiger partial charge in [-0.1, -0.05) is 28.0 Å². The molecule has 0 aromatic carbocycles. The van der Waals surface area contributed by atoms with Crippen LogP contribution in [0.5, 0.6) is 0 Å². The highest BCUT2D eigenvalue weighted by Crippen LogP contribution is 2.11. The summed E-state index contributed by atoms with van der Waals surface area (Å²) in [5, 5.41) is 6.27. The molecular formula is C8H11BrN2O2. The standard InChI is InChI=1S/C8H11BrN2O2/c1-3-6(9)8(12)10-7-4-5(2)13-11-7/h4,6H,3H2,1-2H3,(H,10,11,12). The third-order valence-electron chi connectivity index (χ3n) is 1.52. The largest absolute Gasteiger partial charge is 0.360 e. The molecule has 0 aliphatic carbocycles. The lowest BCUT2D eigenvalue weighted by Crippen LogP contribution is -2.22. The van der Waals surface area contributed by atoms with Gasteiger partial charge in [-0.2, -0.15) is 0 Å². The minimum absolute atomic E-state index is 0.101. The van der Waals surface area contributed by atoms with Gasteiger partial charge in [-0.05, 0) is 13.3 Å². The van der Waals surface area contributed by atoms with Gasteiger partial charge in [0.2, 0.25) is 5.91 Å². The van der Waals surface area contributed by atoms with E-state index < -0.39 is 0 Å². The highest BCUT2D eigenvalue weighted by Gasteiger charge is 2.13. The SMILES string of the molecule is CCC(Br)C(=O)Nc1cc(C)on1. The maximum absolute atomic E-state index is 11.3. The highest BCUT2D eigenvalue weighted by molar-refractivity contribution is 9.10. The van der Waals surface area contributed by atoms with E-state index in [9.17, 15) is 4.79 Å². The summed E-state index contributed by atoms with van der Waals surface area (Å²) in [6.45, 7) is 3.70. The van der Waals surface area contributed by atoms with Gasteiger partial charge >= 0.3 is 0 Å². The second kappa shape index (κ2) is 4.41. The first-order valence-electron chi connectivity index (χ1n) is 4.01. The third kappa shape index (κ3) is 2.84. The number of hydrogen-bond acceptors (Lipinski definition) is 3. The Labute approximate surface area is 84.8 Å². The quantitative estimate of drug-likeness (QED) is 0.832. The number of nitrogens with one attached hydrogen (secondary N) is 1. The molecule has 1 aromatic rings. The van der Waals surface area contributed by atoms with Crippen LogP contribution in [0, 0.1) is 6.92 Å². The average Bonchev–Trinajstić information content (AvgIpc) is 2.49. The van der Waals surface area contributed by atoms with Gasteiger partial charge in [0.05, 0.1) is 4.83 Å². The van der Waals surface area contributed by atoms with Crippen LogP contribution in [-0.4, -0.2) is 15.9 Å². The summed E-state index contributed by atoms with van der Waals surface area (Å²) in [6.07, 6.45) is 0.739. The Kier molecular flexibility index (Phi) is 3.48. The lowest BCUT2D eigenvalue weighted by atomic mass is 10.3. The zero-order valence-corrected chi connectivity index (χ0v) is 9.09. The summed E-state index contributed by atoms with van der Waals surface area (Å²) in [7, 11) is 0. The molecule has 13 heavy (non-hydrogen) atoms. The molecule has 0 saturated heterocycles. The Morgan fingerprint density at radius 2 is 2.54 bits per heavy atom. The van der Waals surface area contributed by atoms with Crippen molar-refractivity contribution in [3.8, 4) is 0 Å². The predicted molar refractivity (Wildman–Crippen MR) is 52.9 cm³/mol. The maximum Gasteiger partial charge on any atom is 0.239 e. The van der Waals surface area contributed by atoms with Gasteiger partial charge in [0.25, 0.3) is 0 Å². The van der Waals surface area contributed by atoms with Crippen LogP contribution in [0.2, 0.25) is 0 Å². The molecule has 0 saturated carbocycles. The van der Waals surface area contributed by atoms with E-state index >= 15 is 0 Å². The van der Waals surface area contributed by atoms with E-state index in [0.717, 1.165) is 6.42 Å². The third-order valence-corrected chi connectivity index (χ3v) is 2.59. The molecule has 1 amide bonds. The zero-order valence-electron chi connectivity index (χ0n) is 7.50. The first-order valence-corrected chi connectivity index (χ1v) is 4.93. The summed E-state index contributed by atoms with van der Waals surface area (Å²) in [6, 6.07) is 1.67. The fourth-order valence-electron chi connectivity index (χ4n) is 0.815. The minimum Gasteiger partial charge on any atom is -0.360 e. The zero-order chi connectivity index (χ0) is 9.84. The van der Waals surface area contributed by atoms with Gasteiger partial charge in [-0.25, -0.2) is 0 Å². The minimum atomic E-state index is -0.176. The molecule has 4 nitrogen and oxygen atoms in total. The molecule has 0 aliphatic rings. The lowest BCUT2D eigenvalue weighted by Gasteiger charge is -2.04. The predicted octanol–water partition coefficient (Wildman–Crippen LogP) is 2.10. The number of alkyl halides is 1. The highest BCUT2D eigenvalue weighted by atomic mass is 79.9. The summed E-state index contributed by atoms with van der Waals surface area (Å²) in [4.78, 5) is 11.1. The number of carbonyl (C=O) groups is 1. The van der Waals surface area contributed by atoms with Crippen LogP contribution >= 0.6 is 15.9 Å². The summed E-state index contributed by atoms with van der Waals surface area (Å²) >= 11 is 3.24. The topological polar surface area (TPSA) is 55.1 Å². The van der Waals surface area contributed by atoms with Crippen molar-refractivity contribution in [3.63, 3.8) is 0 Å². The van der Waals surface area contributed by atoms with Crippen molar-refractivity contribution >= 4 is 27.7 Å². The number of nitrogens with zero attached hydrogens (tertiary/aromatic N) is 1. The van der Waals surface area contributed by atoms with Crippen molar-refractivity contribution in [2.45, 2.75) is 25.1 Å². The smallest absolute Gasteiger partial charge is 0.239 e. The molecule has 1 N–H and O–H groups in total. The van der Waals surface area contributed by atoms with Crippen LogP contribution < -0.4 is 5.32 Å². The maximum atomic E-state index is 11.3. The first-order chi connectivity index (χ1) is 6.13. The molecule has 0 spiro atoms. The van der Waals surface area contributed by atoms with E-state index in [0.29, 0.717) is 11.6 Å². The molecule has 1 rings (SSSR count). The Morgan fingerprint density at radius 3 is 3.00 bits per heavy atom. The summed E-state index contributed by atoms with van der Waals surface area (Å²) < 4.78 is 4.80. The molecule has 1 heterocycles. The number of hydrogen-bond donors (Lipinski definition) is 1. The van der Waals surface area contributed by atoms with Crippen molar-refractivity contribution in [1.82, 2.24) is 5.16 Å². The van der Waals surface area contributed by atoms with Crippen LogP contribution in [0.25, 0.3) is 0 Å². The van der Waals surface area contributed by atoms with Gasteiger partial charge in [0, 0.05) is 6.07 Å². The van der Waals surface area contributed by atoms with Crippen molar-refractivity contribution in [2.24, 2.45) is 0 Å². The summed E-state index contributed by atoms with van der Waals surface area (Å²) in [5.74, 6) is 1.04. The van der Waals surface area contributed by atoms with Crippen molar-refractivity contribution < 1.29 is 9.32 Å². The van der Waals surface area contributed by atoms with Gasteiger partial charge in [-0.15, -0.1) is 0 Å². The summed E-state index contributed by atoms with van der Waals surface area (Å²) in [5.41, 5.74) is 0. The fourth-order valence-corrected chi connectivity index (χ4v) is 0.930. The number of rotatable bonds is 3. The van der Waals surface area contributed by atoms with Crippen molar-refractivity contribution in [3.05, 3.63) is 11.8 Å². The van der Waals surface area contributed by atoms with Crippen LogP contribution in [0.3, 0.4) is 0 Å². The second-order valence-electron chi connectivity index (χ2n) is 2.69. The number of anilines is 1. The molecule has 0 radical (unpaired) electrons. The Hall–Kier alpha value is -0.840. The molecule has 5 heteroatoms. The normalized spacial score (nSPS) is 12.5. The van der Waals surface area contributed by atoms with Crippen molar-refractivity contribution in [2.75, 3.05) is 5.32 Å². The molecule has 1 unspecified atom stereocenters. The molecule has 1 atom stereocenters. The molecule has 0 fully saturated rings. The van der Waals surface area contributed by atoms with Crippen molar-refractivity contribution in [1.29, 1.82) is 0 Å². The average molecular weight is 247 g/mol. The van der Waals surface area contributed by atoms with Gasteiger partial charge in [0.15, 0.2) is 5.82 Å². The Balaban J connectivity index is 2.54. The molecule has 1 aromatic heterocycles. The van der Waals surface area contributed by atoms with Gasteiger partial charge in [-0.3, -0.25) is 4.79 Å². The molecule has 72 valence electrons. The van der Waals surface area contributed by atoms with E-state index in [1.165, 1.54) is 0 Å². The lowest BCUT2D eigenvalue weighted by molar-refractivity contribution is -0.115. The monoisotopic (exact) mass is 246 g/mol. The number of halogens is 1. The molecular weight excluding hydrogens is 236 g/mol. The van der Waals surface area contributed by atoms with Crippen LogP contribution in [0.4, 0.5) is 5.82 Å². The number of aromatic nitrogens is 1. The number of carbonyl (C=O) groups excluding carboxylic acids is 1. The van der Waals surface area contributed by atoms with Crippen LogP contribution in [0.1, 0.15) is 19.1 Å². The first kappa shape index (κ1) is 10.2. The second-order valence-corrected chi connectivity index (χ2v) is 3.79. The van der Waals surface area contributed by atoms with E-state index in [4.69, 9.17) is 4.52 Å². The molecule has 0 aliphatic heterocycles. The van der Waals surface area contributed by atoms with Gasteiger partial charge < -0.3 is 9.84 Å². The Morgan fingerprint density at radius 1 is 1.85 bits per heavy atom. The van der Waals surface area contributed by atoms with Gasteiger partial charge in [0.1, 0.15) is 5.76 Å². The van der Waals surface area contributed by atoms with E-state index in [1.54, 1.807) is 13.0 Å². The van der Waals surface area contributed by atoms with E-state index in [-0.39, 0.29) is 10.7 Å². The molecule has 0 bridgehead atoms.